The second-order valence-electron chi connectivity index (χ2n) is 8.32. The number of rotatable bonds is 10. The predicted molar refractivity (Wildman–Crippen MR) is 101 cm³/mol. The molecule has 2 unspecified atom stereocenters. The van der Waals surface area contributed by atoms with Gasteiger partial charge in [0.2, 0.25) is 0 Å². The van der Waals surface area contributed by atoms with E-state index in [1.165, 1.54) is 7.11 Å². The molecule has 132 valence electrons. The molecule has 0 aliphatic carbocycles. The van der Waals surface area contributed by atoms with Crippen LogP contribution in [0.5, 0.6) is 0 Å². The molecule has 0 aromatic heterocycles. The van der Waals surface area contributed by atoms with E-state index in [9.17, 15) is 0 Å². The Bertz CT molecular complexity index is 345. The normalized spacial score (nSPS) is 16.8. The van der Waals surface area contributed by atoms with E-state index in [2.05, 4.69) is 64.1 Å². The van der Waals surface area contributed by atoms with E-state index in [-0.39, 0.29) is 12.2 Å². The lowest BCUT2D eigenvalue weighted by atomic mass is 10.2. The average molecular weight is 366 g/mol. The van der Waals surface area contributed by atoms with E-state index < -0.39 is 25.0 Å². The van der Waals surface area contributed by atoms with Crippen molar-refractivity contribution in [3.05, 3.63) is 0 Å². The van der Waals surface area contributed by atoms with Crippen molar-refractivity contribution in [2.45, 2.75) is 71.1 Å². The minimum Gasteiger partial charge on any atom is -0.415 e. The fourth-order valence-electron chi connectivity index (χ4n) is 1.71. The molecule has 0 spiro atoms. The van der Waals surface area contributed by atoms with Gasteiger partial charge in [-0.2, -0.15) is 0 Å². The molecule has 0 saturated heterocycles. The molecular weight excluding hydrogens is 330 g/mol. The zero-order valence-corrected chi connectivity index (χ0v) is 19.0. The maximum absolute atomic E-state index is 6.32. The molecule has 22 heavy (non-hydrogen) atoms. The smallest absolute Gasteiger partial charge is 0.184 e. The molecule has 0 rings (SSSR count). The molecule has 0 aromatic carbocycles. The molecule has 5 nitrogen and oxygen atoms in total. The first kappa shape index (κ1) is 22.0. The number of nitrogens with zero attached hydrogens (tertiary/aromatic N) is 1. The third-order valence-corrected chi connectivity index (χ3v) is 5.38. The van der Waals surface area contributed by atoms with Crippen molar-refractivity contribution in [3.8, 4) is 0 Å². The Morgan fingerprint density at radius 2 is 1.32 bits per heavy atom. The van der Waals surface area contributed by atoms with Gasteiger partial charge >= 0.3 is 0 Å². The van der Waals surface area contributed by atoms with E-state index >= 15 is 0 Å². The van der Waals surface area contributed by atoms with Crippen LogP contribution in [0.3, 0.4) is 0 Å². The molecule has 0 amide bonds. The summed E-state index contributed by atoms with van der Waals surface area (Å²) >= 11 is 0. The lowest BCUT2D eigenvalue weighted by molar-refractivity contribution is 0.0445. The Kier molecular flexibility index (Phi) is 8.74. The quantitative estimate of drug-likeness (QED) is 0.334. The SMILES string of the molecule is CON=CC(O[Si](C)(C)C)C(CO[Si](C)(C)C)O[Si](C)(C)C. The van der Waals surface area contributed by atoms with Gasteiger partial charge in [-0.25, -0.2) is 0 Å². The summed E-state index contributed by atoms with van der Waals surface area (Å²) in [7, 11) is -3.54. The summed E-state index contributed by atoms with van der Waals surface area (Å²) in [4.78, 5) is 4.84. The zero-order valence-electron chi connectivity index (χ0n) is 16.0. The summed E-state index contributed by atoms with van der Waals surface area (Å²) in [6.45, 7) is 20.1. The molecular formula is C14H35NO4Si3. The Hall–Kier alpha value is 0.000649. The van der Waals surface area contributed by atoms with Crippen molar-refractivity contribution in [2.75, 3.05) is 13.7 Å². The van der Waals surface area contributed by atoms with Gasteiger partial charge in [0.15, 0.2) is 25.0 Å². The summed E-state index contributed by atoms with van der Waals surface area (Å²) < 4.78 is 18.7. The van der Waals surface area contributed by atoms with Crippen molar-refractivity contribution in [1.82, 2.24) is 0 Å². The van der Waals surface area contributed by atoms with Crippen LogP contribution >= 0.6 is 0 Å². The third kappa shape index (κ3) is 12.5. The van der Waals surface area contributed by atoms with Crippen LogP contribution in [-0.2, 0) is 18.1 Å². The van der Waals surface area contributed by atoms with Crippen LogP contribution in [0.25, 0.3) is 0 Å². The first-order valence-corrected chi connectivity index (χ1v) is 18.0. The first-order valence-electron chi connectivity index (χ1n) is 7.80. The molecule has 0 aliphatic rings. The highest BCUT2D eigenvalue weighted by molar-refractivity contribution is 6.70. The van der Waals surface area contributed by atoms with Crippen LogP contribution < -0.4 is 0 Å². The Morgan fingerprint density at radius 1 is 0.818 bits per heavy atom. The molecule has 0 bridgehead atoms. The van der Waals surface area contributed by atoms with Crippen LogP contribution in [0.15, 0.2) is 5.16 Å². The number of hydrogen-bond acceptors (Lipinski definition) is 5. The standard InChI is InChI=1S/C14H35NO4Si3/c1-16-15-11-13(18-21(5,6)7)14(19-22(8,9)10)12-17-20(2,3)4/h11,13-14H,12H2,1-10H3. The van der Waals surface area contributed by atoms with Crippen LogP contribution in [0.2, 0.25) is 58.9 Å². The molecule has 0 aliphatic heterocycles. The highest BCUT2D eigenvalue weighted by atomic mass is 28.4. The van der Waals surface area contributed by atoms with Crippen LogP contribution in [0, 0.1) is 0 Å². The van der Waals surface area contributed by atoms with E-state index in [4.69, 9.17) is 18.1 Å². The van der Waals surface area contributed by atoms with Gasteiger partial charge in [-0.15, -0.1) is 0 Å². The zero-order chi connectivity index (χ0) is 17.6. The second kappa shape index (κ2) is 8.74. The van der Waals surface area contributed by atoms with Crippen LogP contribution in [0.1, 0.15) is 0 Å². The van der Waals surface area contributed by atoms with E-state index in [0.717, 1.165) is 0 Å². The molecule has 8 heteroatoms. The predicted octanol–water partition coefficient (Wildman–Crippen LogP) is 3.91. The van der Waals surface area contributed by atoms with Crippen LogP contribution in [-0.4, -0.2) is 57.1 Å². The summed E-state index contributed by atoms with van der Waals surface area (Å²) in [5, 5.41) is 3.92. The van der Waals surface area contributed by atoms with Crippen molar-refractivity contribution < 1.29 is 18.1 Å². The van der Waals surface area contributed by atoms with Gasteiger partial charge in [0.25, 0.3) is 0 Å². The maximum atomic E-state index is 6.32. The lowest BCUT2D eigenvalue weighted by Gasteiger charge is -2.35. The van der Waals surface area contributed by atoms with E-state index in [0.29, 0.717) is 6.61 Å². The van der Waals surface area contributed by atoms with Crippen molar-refractivity contribution >= 4 is 31.2 Å². The van der Waals surface area contributed by atoms with Gasteiger partial charge < -0.3 is 18.1 Å². The lowest BCUT2D eigenvalue weighted by Crippen LogP contribution is -2.48. The third-order valence-electron chi connectivity index (χ3n) is 2.35. The highest BCUT2D eigenvalue weighted by Crippen LogP contribution is 2.18. The fourth-order valence-corrected chi connectivity index (χ4v) is 4.52. The second-order valence-corrected chi connectivity index (χ2v) is 21.8. The first-order chi connectivity index (χ1) is 9.73. The molecule has 0 aromatic rings. The van der Waals surface area contributed by atoms with E-state index in [1.54, 1.807) is 6.21 Å². The minimum absolute atomic E-state index is 0.149. The molecule has 0 saturated carbocycles. The van der Waals surface area contributed by atoms with Crippen molar-refractivity contribution in [2.24, 2.45) is 5.16 Å². The summed E-state index contributed by atoms with van der Waals surface area (Å²) in [5.41, 5.74) is 0. The Labute approximate surface area is 139 Å². The van der Waals surface area contributed by atoms with Crippen molar-refractivity contribution in [3.63, 3.8) is 0 Å². The summed E-state index contributed by atoms with van der Waals surface area (Å²) in [5.74, 6) is 0. The summed E-state index contributed by atoms with van der Waals surface area (Å²) in [6, 6.07) is 0. The Balaban J connectivity index is 5.19. The molecule has 0 N–H and O–H groups in total. The maximum Gasteiger partial charge on any atom is 0.184 e. The molecule has 0 heterocycles. The highest BCUT2D eigenvalue weighted by Gasteiger charge is 2.33. The fraction of sp³-hybridized carbons (Fsp3) is 0.929. The van der Waals surface area contributed by atoms with Crippen LogP contribution in [0.4, 0.5) is 0 Å². The van der Waals surface area contributed by atoms with Crippen molar-refractivity contribution in [1.29, 1.82) is 0 Å². The molecule has 0 radical (unpaired) electrons. The molecule has 0 fully saturated rings. The largest absolute Gasteiger partial charge is 0.415 e. The number of hydrogen-bond donors (Lipinski definition) is 0. The van der Waals surface area contributed by atoms with Gasteiger partial charge in [0.05, 0.1) is 18.9 Å². The van der Waals surface area contributed by atoms with Gasteiger partial charge in [-0.05, 0) is 58.9 Å². The van der Waals surface area contributed by atoms with E-state index in [1.807, 2.05) is 0 Å². The topological polar surface area (TPSA) is 49.3 Å². The molecule has 2 atom stereocenters. The number of oxime groups is 1. The van der Waals surface area contributed by atoms with Gasteiger partial charge in [-0.3, -0.25) is 0 Å². The Morgan fingerprint density at radius 3 is 1.68 bits per heavy atom. The monoisotopic (exact) mass is 365 g/mol. The minimum atomic E-state index is -1.74. The van der Waals surface area contributed by atoms with Gasteiger partial charge in [0, 0.05) is 0 Å². The summed E-state index contributed by atoms with van der Waals surface area (Å²) in [6.07, 6.45) is 1.31. The average Bonchev–Trinajstić information content (AvgIpc) is 2.26. The van der Waals surface area contributed by atoms with Gasteiger partial charge in [-0.1, -0.05) is 5.16 Å². The van der Waals surface area contributed by atoms with Gasteiger partial charge in [0.1, 0.15) is 13.2 Å².